The second kappa shape index (κ2) is 4.68. The number of nitrogens with one attached hydrogen (secondary N) is 1. The SMILES string of the molecule is CCC(N)CNc1nc2sccn2c1[N+](=O)[O-]. The first-order valence-corrected chi connectivity index (χ1v) is 6.10. The molecular formula is C9H13N5O2S. The highest BCUT2D eigenvalue weighted by Crippen LogP contribution is 2.27. The monoisotopic (exact) mass is 255 g/mol. The number of anilines is 1. The lowest BCUT2D eigenvalue weighted by molar-refractivity contribution is -0.389. The predicted octanol–water partition coefficient (Wildman–Crippen LogP) is 1.45. The van der Waals surface area contributed by atoms with E-state index in [1.807, 2.05) is 6.92 Å². The Bertz CT molecular complexity index is 534. The largest absolute Gasteiger partial charge is 0.372 e. The van der Waals surface area contributed by atoms with E-state index in [4.69, 9.17) is 5.73 Å². The summed E-state index contributed by atoms with van der Waals surface area (Å²) in [5.41, 5.74) is 5.75. The van der Waals surface area contributed by atoms with Crippen molar-refractivity contribution in [3.8, 4) is 0 Å². The van der Waals surface area contributed by atoms with Gasteiger partial charge in [0.05, 0.1) is 0 Å². The van der Waals surface area contributed by atoms with Crippen LogP contribution in [0.3, 0.4) is 0 Å². The van der Waals surface area contributed by atoms with E-state index in [2.05, 4.69) is 10.3 Å². The molecule has 0 aliphatic carbocycles. The number of rotatable bonds is 5. The maximum atomic E-state index is 11.0. The van der Waals surface area contributed by atoms with E-state index in [-0.39, 0.29) is 17.7 Å². The van der Waals surface area contributed by atoms with Crippen molar-refractivity contribution in [1.29, 1.82) is 0 Å². The molecule has 0 aliphatic heterocycles. The highest BCUT2D eigenvalue weighted by atomic mass is 32.1. The molecule has 0 fully saturated rings. The van der Waals surface area contributed by atoms with Crippen LogP contribution in [0.1, 0.15) is 13.3 Å². The minimum atomic E-state index is -0.438. The van der Waals surface area contributed by atoms with Gasteiger partial charge in [-0.2, -0.15) is 9.38 Å². The van der Waals surface area contributed by atoms with E-state index in [9.17, 15) is 10.1 Å². The van der Waals surface area contributed by atoms with Gasteiger partial charge in [-0.1, -0.05) is 18.3 Å². The molecule has 0 amide bonds. The summed E-state index contributed by atoms with van der Waals surface area (Å²) in [7, 11) is 0. The van der Waals surface area contributed by atoms with E-state index in [1.165, 1.54) is 15.7 Å². The minimum absolute atomic E-state index is 0.0330. The topological polar surface area (TPSA) is 98.5 Å². The van der Waals surface area contributed by atoms with Gasteiger partial charge in [-0.3, -0.25) is 0 Å². The number of nitrogens with two attached hydrogens (primary N) is 1. The summed E-state index contributed by atoms with van der Waals surface area (Å²) in [5, 5.41) is 15.7. The molecule has 0 bridgehead atoms. The standard InChI is InChI=1S/C9H13N5O2S/c1-2-6(10)5-11-7-8(14(15)16)13-3-4-17-9(13)12-7/h3-4,6,11H,2,5,10H2,1H3. The smallest absolute Gasteiger partial charge is 0.361 e. The molecule has 0 saturated carbocycles. The van der Waals surface area contributed by atoms with Crippen LogP contribution < -0.4 is 11.1 Å². The Labute approximate surface area is 101 Å². The van der Waals surface area contributed by atoms with Gasteiger partial charge in [-0.05, 0) is 11.3 Å². The van der Waals surface area contributed by atoms with E-state index < -0.39 is 4.92 Å². The molecule has 92 valence electrons. The summed E-state index contributed by atoms with van der Waals surface area (Å²) < 4.78 is 1.46. The van der Waals surface area contributed by atoms with Crippen LogP contribution in [0.25, 0.3) is 4.96 Å². The number of hydrogen-bond acceptors (Lipinski definition) is 6. The van der Waals surface area contributed by atoms with Gasteiger partial charge in [-0.25, -0.2) is 0 Å². The summed E-state index contributed by atoms with van der Waals surface area (Å²) in [5.74, 6) is 0.246. The van der Waals surface area contributed by atoms with Gasteiger partial charge in [0.25, 0.3) is 4.96 Å². The zero-order valence-corrected chi connectivity index (χ0v) is 10.1. The number of nitrogens with zero attached hydrogens (tertiary/aromatic N) is 3. The highest BCUT2D eigenvalue weighted by molar-refractivity contribution is 7.15. The Morgan fingerprint density at radius 3 is 3.18 bits per heavy atom. The molecular weight excluding hydrogens is 242 g/mol. The molecule has 2 aromatic rings. The zero-order valence-electron chi connectivity index (χ0n) is 9.29. The fourth-order valence-electron chi connectivity index (χ4n) is 1.44. The van der Waals surface area contributed by atoms with Crippen LogP contribution in [0.15, 0.2) is 11.6 Å². The second-order valence-electron chi connectivity index (χ2n) is 3.65. The average Bonchev–Trinajstić information content (AvgIpc) is 2.84. The van der Waals surface area contributed by atoms with Crippen LogP contribution in [0, 0.1) is 10.1 Å². The Morgan fingerprint density at radius 1 is 1.76 bits per heavy atom. The van der Waals surface area contributed by atoms with Crippen molar-refractivity contribution in [1.82, 2.24) is 9.38 Å². The number of hydrogen-bond donors (Lipinski definition) is 2. The number of thiazole rings is 1. The van der Waals surface area contributed by atoms with Crippen molar-refractivity contribution in [3.63, 3.8) is 0 Å². The van der Waals surface area contributed by atoms with Crippen LogP contribution in [-0.4, -0.2) is 26.9 Å². The van der Waals surface area contributed by atoms with Crippen molar-refractivity contribution >= 4 is 27.9 Å². The maximum Gasteiger partial charge on any atom is 0.372 e. The summed E-state index contributed by atoms with van der Waals surface area (Å²) in [6, 6.07) is -0.0330. The Balaban J connectivity index is 2.29. The van der Waals surface area contributed by atoms with E-state index in [0.29, 0.717) is 11.5 Å². The molecule has 2 aromatic heterocycles. The molecule has 2 heterocycles. The van der Waals surface area contributed by atoms with Crippen LogP contribution in [-0.2, 0) is 0 Å². The molecule has 0 aliphatic rings. The summed E-state index contributed by atoms with van der Waals surface area (Å²) >= 11 is 1.36. The third-order valence-corrected chi connectivity index (χ3v) is 3.22. The second-order valence-corrected chi connectivity index (χ2v) is 4.52. The molecule has 0 aromatic carbocycles. The third kappa shape index (κ3) is 2.22. The predicted molar refractivity (Wildman–Crippen MR) is 66.5 cm³/mol. The summed E-state index contributed by atoms with van der Waals surface area (Å²) in [6.45, 7) is 2.44. The van der Waals surface area contributed by atoms with Gasteiger partial charge in [0.1, 0.15) is 6.20 Å². The van der Waals surface area contributed by atoms with Gasteiger partial charge in [0, 0.05) is 18.0 Å². The molecule has 0 spiro atoms. The molecule has 1 unspecified atom stereocenters. The molecule has 17 heavy (non-hydrogen) atoms. The summed E-state index contributed by atoms with van der Waals surface area (Å²) in [4.78, 5) is 15.3. The van der Waals surface area contributed by atoms with Gasteiger partial charge >= 0.3 is 5.82 Å². The number of aromatic nitrogens is 2. The molecule has 1 atom stereocenters. The van der Waals surface area contributed by atoms with Crippen LogP contribution >= 0.6 is 11.3 Å². The van der Waals surface area contributed by atoms with Crippen molar-refractivity contribution in [2.75, 3.05) is 11.9 Å². The van der Waals surface area contributed by atoms with Gasteiger partial charge in [-0.15, -0.1) is 0 Å². The first-order valence-electron chi connectivity index (χ1n) is 5.23. The van der Waals surface area contributed by atoms with Crippen LogP contribution in [0.2, 0.25) is 0 Å². The normalized spacial score (nSPS) is 12.8. The van der Waals surface area contributed by atoms with Crippen molar-refractivity contribution in [2.45, 2.75) is 19.4 Å². The minimum Gasteiger partial charge on any atom is -0.361 e. The average molecular weight is 255 g/mol. The highest BCUT2D eigenvalue weighted by Gasteiger charge is 2.23. The maximum absolute atomic E-state index is 11.0. The lowest BCUT2D eigenvalue weighted by Gasteiger charge is -2.08. The lowest BCUT2D eigenvalue weighted by Crippen LogP contribution is -2.28. The lowest BCUT2D eigenvalue weighted by atomic mass is 10.2. The Kier molecular flexibility index (Phi) is 3.25. The zero-order chi connectivity index (χ0) is 12.4. The molecule has 2 rings (SSSR count). The van der Waals surface area contributed by atoms with Crippen LogP contribution in [0.4, 0.5) is 11.6 Å². The summed E-state index contributed by atoms with van der Waals surface area (Å²) in [6.07, 6.45) is 2.44. The van der Waals surface area contributed by atoms with Gasteiger partial charge in [0.15, 0.2) is 0 Å². The van der Waals surface area contributed by atoms with E-state index >= 15 is 0 Å². The molecule has 3 N–H and O–H groups in total. The fourth-order valence-corrected chi connectivity index (χ4v) is 2.15. The van der Waals surface area contributed by atoms with Crippen molar-refractivity contribution in [3.05, 3.63) is 21.7 Å². The van der Waals surface area contributed by atoms with Crippen LogP contribution in [0.5, 0.6) is 0 Å². The molecule has 7 nitrogen and oxygen atoms in total. The molecule has 0 radical (unpaired) electrons. The third-order valence-electron chi connectivity index (χ3n) is 2.47. The van der Waals surface area contributed by atoms with Gasteiger partial charge in [0.2, 0.25) is 5.82 Å². The first-order chi connectivity index (χ1) is 8.13. The van der Waals surface area contributed by atoms with Crippen molar-refractivity contribution < 1.29 is 4.92 Å². The van der Waals surface area contributed by atoms with Gasteiger partial charge < -0.3 is 21.2 Å². The van der Waals surface area contributed by atoms with E-state index in [0.717, 1.165) is 6.42 Å². The quantitative estimate of drug-likeness (QED) is 0.622. The Morgan fingerprint density at radius 2 is 2.53 bits per heavy atom. The van der Waals surface area contributed by atoms with Crippen molar-refractivity contribution in [2.24, 2.45) is 5.73 Å². The number of fused-ring (bicyclic) bond motifs is 1. The number of nitro groups is 1. The first kappa shape index (κ1) is 11.8. The number of imidazole rings is 1. The Hall–Kier alpha value is -1.67. The van der Waals surface area contributed by atoms with E-state index in [1.54, 1.807) is 11.6 Å². The molecule has 0 saturated heterocycles. The fraction of sp³-hybridized carbons (Fsp3) is 0.444. The molecule has 8 heteroatoms.